The molecule has 0 fully saturated rings. The quantitative estimate of drug-likeness (QED) is 0.610. The first-order valence-electron chi connectivity index (χ1n) is 9.91. The van der Waals surface area contributed by atoms with Crippen molar-refractivity contribution in [3.8, 4) is 0 Å². The van der Waals surface area contributed by atoms with Crippen LogP contribution < -0.4 is 10.6 Å². The average molecular weight is 402 g/mol. The highest BCUT2D eigenvalue weighted by atomic mass is 16.2. The van der Waals surface area contributed by atoms with Gasteiger partial charge in [-0.15, -0.1) is 0 Å². The number of benzene rings is 3. The van der Waals surface area contributed by atoms with Crippen LogP contribution in [0.1, 0.15) is 22.7 Å². The molecule has 3 aromatic rings. The summed E-state index contributed by atoms with van der Waals surface area (Å²) in [6.45, 7) is 4.07. The van der Waals surface area contributed by atoms with Crippen molar-refractivity contribution in [3.05, 3.63) is 95.6 Å². The summed E-state index contributed by atoms with van der Waals surface area (Å²) in [5.74, 6) is -0.360. The molecule has 3 aromatic carbocycles. The third kappa shape index (κ3) is 5.78. The van der Waals surface area contributed by atoms with Crippen molar-refractivity contribution in [3.63, 3.8) is 0 Å². The average Bonchev–Trinajstić information content (AvgIpc) is 2.72. The van der Waals surface area contributed by atoms with Crippen LogP contribution in [0.5, 0.6) is 0 Å². The highest BCUT2D eigenvalue weighted by Gasteiger charge is 2.26. The van der Waals surface area contributed by atoms with Gasteiger partial charge in [0.2, 0.25) is 11.8 Å². The molecule has 0 spiro atoms. The summed E-state index contributed by atoms with van der Waals surface area (Å²) in [6.07, 6.45) is 0. The van der Waals surface area contributed by atoms with Crippen LogP contribution in [0.4, 0.5) is 11.4 Å². The molecule has 1 atom stereocenters. The van der Waals surface area contributed by atoms with E-state index in [2.05, 4.69) is 10.6 Å². The lowest BCUT2D eigenvalue weighted by atomic mass is 10.0. The summed E-state index contributed by atoms with van der Waals surface area (Å²) in [5, 5.41) is 5.85. The minimum atomic E-state index is -0.601. The van der Waals surface area contributed by atoms with Gasteiger partial charge in [0.1, 0.15) is 6.04 Å². The maximum absolute atomic E-state index is 13.1. The molecule has 30 heavy (non-hydrogen) atoms. The van der Waals surface area contributed by atoms with E-state index in [1.54, 1.807) is 11.9 Å². The van der Waals surface area contributed by atoms with Crippen LogP contribution in [-0.2, 0) is 9.59 Å². The number of carbonyl (C=O) groups is 2. The van der Waals surface area contributed by atoms with Crippen molar-refractivity contribution < 1.29 is 9.59 Å². The Bertz CT molecular complexity index is 983. The van der Waals surface area contributed by atoms with E-state index in [4.69, 9.17) is 0 Å². The lowest BCUT2D eigenvalue weighted by Crippen LogP contribution is -2.39. The lowest BCUT2D eigenvalue weighted by molar-refractivity contribution is -0.123. The minimum Gasteiger partial charge on any atom is -0.325 e. The van der Waals surface area contributed by atoms with E-state index in [-0.39, 0.29) is 18.4 Å². The zero-order valence-electron chi connectivity index (χ0n) is 17.6. The molecule has 0 aliphatic rings. The molecule has 154 valence electrons. The molecule has 0 bridgehead atoms. The molecule has 0 aliphatic heterocycles. The van der Waals surface area contributed by atoms with Crippen LogP contribution in [-0.4, -0.2) is 30.3 Å². The number of nitrogens with zero attached hydrogens (tertiary/aromatic N) is 1. The van der Waals surface area contributed by atoms with Crippen molar-refractivity contribution in [2.45, 2.75) is 19.9 Å². The molecule has 0 unspecified atom stereocenters. The molecule has 2 amide bonds. The van der Waals surface area contributed by atoms with Gasteiger partial charge in [-0.25, -0.2) is 0 Å². The molecule has 0 aliphatic carbocycles. The molecule has 0 aromatic heterocycles. The molecular weight excluding hydrogens is 374 g/mol. The van der Waals surface area contributed by atoms with E-state index in [1.165, 1.54) is 0 Å². The summed E-state index contributed by atoms with van der Waals surface area (Å²) >= 11 is 0. The van der Waals surface area contributed by atoms with Gasteiger partial charge in [-0.1, -0.05) is 65.7 Å². The van der Waals surface area contributed by atoms with E-state index < -0.39 is 6.04 Å². The first kappa shape index (κ1) is 21.3. The third-order valence-corrected chi connectivity index (χ3v) is 4.85. The van der Waals surface area contributed by atoms with Gasteiger partial charge in [0.25, 0.3) is 0 Å². The maximum Gasteiger partial charge on any atom is 0.246 e. The number of anilines is 2. The number of likely N-dealkylation sites (N-methyl/N-ethyl adjacent to an activating group) is 1. The van der Waals surface area contributed by atoms with Gasteiger partial charge in [-0.05, 0) is 50.7 Å². The van der Waals surface area contributed by atoms with E-state index in [0.717, 1.165) is 28.1 Å². The van der Waals surface area contributed by atoms with Gasteiger partial charge >= 0.3 is 0 Å². The van der Waals surface area contributed by atoms with Crippen molar-refractivity contribution >= 4 is 23.2 Å². The Hall–Kier alpha value is -3.44. The third-order valence-electron chi connectivity index (χ3n) is 4.85. The summed E-state index contributed by atoms with van der Waals surface area (Å²) in [4.78, 5) is 27.5. The summed E-state index contributed by atoms with van der Waals surface area (Å²) < 4.78 is 0. The number of rotatable bonds is 7. The SMILES string of the molecule is Cc1ccc(NC(=O)CN(C)[C@H](C(=O)Nc2ccc(C)cc2)c2ccccc2)cc1. The zero-order valence-corrected chi connectivity index (χ0v) is 17.6. The standard InChI is InChI=1S/C25H27N3O2/c1-18-9-13-21(14-10-18)26-23(29)17-28(3)24(20-7-5-4-6-8-20)25(30)27-22-15-11-19(2)12-16-22/h4-16,24H,17H2,1-3H3,(H,26,29)(H,27,30)/t24-/m0/s1. The van der Waals surface area contributed by atoms with Gasteiger partial charge < -0.3 is 10.6 Å². The molecule has 5 heteroatoms. The topological polar surface area (TPSA) is 61.4 Å². The van der Waals surface area contributed by atoms with Crippen LogP contribution in [0.2, 0.25) is 0 Å². The van der Waals surface area contributed by atoms with E-state index in [0.29, 0.717) is 0 Å². The van der Waals surface area contributed by atoms with Crippen LogP contribution >= 0.6 is 0 Å². The first-order valence-corrected chi connectivity index (χ1v) is 9.91. The molecule has 0 heterocycles. The van der Waals surface area contributed by atoms with Crippen molar-refractivity contribution in [2.24, 2.45) is 0 Å². The highest BCUT2D eigenvalue weighted by Crippen LogP contribution is 2.22. The van der Waals surface area contributed by atoms with Crippen LogP contribution in [0.3, 0.4) is 0 Å². The Kier molecular flexibility index (Phi) is 6.99. The summed E-state index contributed by atoms with van der Waals surface area (Å²) in [6, 6.07) is 24.2. The largest absolute Gasteiger partial charge is 0.325 e. The summed E-state index contributed by atoms with van der Waals surface area (Å²) in [5.41, 5.74) is 4.54. The predicted molar refractivity (Wildman–Crippen MR) is 121 cm³/mol. The van der Waals surface area contributed by atoms with E-state index in [1.807, 2.05) is 92.7 Å². The fraction of sp³-hybridized carbons (Fsp3) is 0.200. The fourth-order valence-electron chi connectivity index (χ4n) is 3.24. The highest BCUT2D eigenvalue weighted by molar-refractivity contribution is 5.97. The molecule has 3 rings (SSSR count). The zero-order chi connectivity index (χ0) is 21.5. The second-order valence-electron chi connectivity index (χ2n) is 7.50. The van der Waals surface area contributed by atoms with Crippen molar-refractivity contribution in [2.75, 3.05) is 24.2 Å². The second kappa shape index (κ2) is 9.85. The minimum absolute atomic E-state index is 0.0781. The number of hydrogen-bond acceptors (Lipinski definition) is 3. The van der Waals surface area contributed by atoms with E-state index >= 15 is 0 Å². The number of aryl methyl sites for hydroxylation is 2. The van der Waals surface area contributed by atoms with Gasteiger partial charge in [0, 0.05) is 11.4 Å². The normalized spacial score (nSPS) is 11.7. The van der Waals surface area contributed by atoms with Gasteiger partial charge in [0.05, 0.1) is 6.54 Å². The van der Waals surface area contributed by atoms with Gasteiger partial charge in [0.15, 0.2) is 0 Å². The molecule has 0 radical (unpaired) electrons. The Morgan fingerprint density at radius 3 is 1.80 bits per heavy atom. The number of amides is 2. The maximum atomic E-state index is 13.1. The number of nitrogens with one attached hydrogen (secondary N) is 2. The van der Waals surface area contributed by atoms with Crippen molar-refractivity contribution in [1.29, 1.82) is 0 Å². The number of carbonyl (C=O) groups excluding carboxylic acids is 2. The Morgan fingerprint density at radius 2 is 1.27 bits per heavy atom. The van der Waals surface area contributed by atoms with Crippen LogP contribution in [0.15, 0.2) is 78.9 Å². The van der Waals surface area contributed by atoms with Gasteiger partial charge in [-0.2, -0.15) is 0 Å². The number of hydrogen-bond donors (Lipinski definition) is 2. The molecular formula is C25H27N3O2. The lowest BCUT2D eigenvalue weighted by Gasteiger charge is -2.27. The second-order valence-corrected chi connectivity index (χ2v) is 7.50. The van der Waals surface area contributed by atoms with Gasteiger partial charge in [-0.3, -0.25) is 14.5 Å². The first-order chi connectivity index (χ1) is 14.4. The molecule has 0 saturated carbocycles. The summed E-state index contributed by atoms with van der Waals surface area (Å²) in [7, 11) is 1.78. The molecule has 2 N–H and O–H groups in total. The van der Waals surface area contributed by atoms with Crippen molar-refractivity contribution in [1.82, 2.24) is 4.90 Å². The molecule has 0 saturated heterocycles. The molecule has 5 nitrogen and oxygen atoms in total. The smallest absolute Gasteiger partial charge is 0.246 e. The Morgan fingerprint density at radius 1 is 0.767 bits per heavy atom. The van der Waals surface area contributed by atoms with Crippen LogP contribution in [0, 0.1) is 13.8 Å². The monoisotopic (exact) mass is 401 g/mol. The Labute approximate surface area is 177 Å². The fourth-order valence-corrected chi connectivity index (χ4v) is 3.24. The Balaban J connectivity index is 1.74. The predicted octanol–water partition coefficient (Wildman–Crippen LogP) is 4.55. The van der Waals surface area contributed by atoms with E-state index in [9.17, 15) is 9.59 Å². The van der Waals surface area contributed by atoms with Crippen LogP contribution in [0.25, 0.3) is 0 Å².